The predicted octanol–water partition coefficient (Wildman–Crippen LogP) is 2.44. The molecule has 1 aromatic rings. The molecule has 3 aliphatic heterocycles. The molecule has 28 heavy (non-hydrogen) atoms. The van der Waals surface area contributed by atoms with Crippen molar-refractivity contribution in [2.24, 2.45) is 17.8 Å². The van der Waals surface area contributed by atoms with Crippen LogP contribution >= 0.6 is 0 Å². The van der Waals surface area contributed by atoms with E-state index in [0.717, 1.165) is 32.4 Å². The Balaban J connectivity index is 1.61. The molecular formula is C21H28N2O4S. The van der Waals surface area contributed by atoms with E-state index in [1.54, 1.807) is 34.6 Å². The van der Waals surface area contributed by atoms with Gasteiger partial charge in [0.15, 0.2) is 0 Å². The van der Waals surface area contributed by atoms with Crippen LogP contribution in [0.3, 0.4) is 0 Å². The molecule has 3 heterocycles. The Kier molecular flexibility index (Phi) is 5.58. The van der Waals surface area contributed by atoms with Gasteiger partial charge in [-0.15, -0.1) is 0 Å². The molecular weight excluding hydrogens is 376 g/mol. The Hall–Kier alpha value is -1.70. The van der Waals surface area contributed by atoms with Gasteiger partial charge in [0, 0.05) is 19.1 Å². The number of benzene rings is 1. The van der Waals surface area contributed by atoms with Gasteiger partial charge >= 0.3 is 5.97 Å². The molecule has 0 bridgehead atoms. The summed E-state index contributed by atoms with van der Waals surface area (Å²) in [7, 11) is -3.51. The maximum Gasteiger partial charge on any atom is 0.307 e. The highest BCUT2D eigenvalue weighted by molar-refractivity contribution is 7.89. The lowest BCUT2D eigenvalue weighted by Crippen LogP contribution is -2.63. The number of piperidine rings is 3. The molecule has 0 saturated carbocycles. The van der Waals surface area contributed by atoms with Crippen LogP contribution < -0.4 is 0 Å². The molecule has 3 aliphatic rings. The first-order valence-electron chi connectivity index (χ1n) is 10.1. The van der Waals surface area contributed by atoms with Gasteiger partial charge in [-0.05, 0) is 62.2 Å². The van der Waals surface area contributed by atoms with Gasteiger partial charge in [0.05, 0.1) is 11.3 Å². The number of hydrogen-bond acceptors (Lipinski definition) is 4. The van der Waals surface area contributed by atoms with Crippen molar-refractivity contribution in [3.05, 3.63) is 42.5 Å². The lowest BCUT2D eigenvalue weighted by molar-refractivity contribution is -0.136. The zero-order valence-electron chi connectivity index (χ0n) is 16.0. The third-order valence-corrected chi connectivity index (χ3v) is 8.42. The van der Waals surface area contributed by atoms with Gasteiger partial charge in [-0.3, -0.25) is 9.69 Å². The molecule has 0 aliphatic carbocycles. The molecule has 3 saturated heterocycles. The second-order valence-electron chi connectivity index (χ2n) is 8.21. The molecule has 4 atom stereocenters. The number of carbonyl (C=O) groups is 1. The van der Waals surface area contributed by atoms with E-state index in [1.807, 2.05) is 12.1 Å². The zero-order chi connectivity index (χ0) is 19.7. The van der Waals surface area contributed by atoms with E-state index < -0.39 is 16.0 Å². The standard InChI is InChI=1S/C21H28N2O4S/c24-20(25)10-4-6-16-11-13-22-12-5-7-17-14-23(15-19(16)21(17)22)28(26,27)18-8-2-1-3-9-18/h1-4,6,8-9,16-17,19,21H,5,7,10-15H2,(H,24,25)/b6-4+. The number of aliphatic carboxylic acids is 1. The molecule has 1 N–H and O–H groups in total. The van der Waals surface area contributed by atoms with Crippen LogP contribution in [-0.4, -0.2) is 60.9 Å². The molecule has 152 valence electrons. The molecule has 0 amide bonds. The summed E-state index contributed by atoms with van der Waals surface area (Å²) in [5.74, 6) is -0.0332. The number of rotatable bonds is 5. The quantitative estimate of drug-likeness (QED) is 0.763. The summed E-state index contributed by atoms with van der Waals surface area (Å²) in [6.07, 6.45) is 6.93. The molecule has 7 heteroatoms. The Morgan fingerprint density at radius 1 is 1.14 bits per heavy atom. The largest absolute Gasteiger partial charge is 0.481 e. The zero-order valence-corrected chi connectivity index (χ0v) is 16.8. The SMILES string of the molecule is O=C(O)C/C=C/C1CCN2CCCC3CN(S(=O)(=O)c4ccccc4)CC1C32. The minimum Gasteiger partial charge on any atom is -0.481 e. The molecule has 4 unspecified atom stereocenters. The van der Waals surface area contributed by atoms with E-state index >= 15 is 0 Å². The second-order valence-corrected chi connectivity index (χ2v) is 10.1. The highest BCUT2D eigenvalue weighted by atomic mass is 32.2. The lowest BCUT2D eigenvalue weighted by Gasteiger charge is -2.55. The molecule has 6 nitrogen and oxygen atoms in total. The van der Waals surface area contributed by atoms with Gasteiger partial charge in [-0.25, -0.2) is 8.42 Å². The van der Waals surface area contributed by atoms with Crippen LogP contribution in [0.1, 0.15) is 25.7 Å². The normalized spacial score (nSPS) is 31.6. The molecule has 3 fully saturated rings. The summed E-state index contributed by atoms with van der Waals surface area (Å²) in [5, 5.41) is 8.93. The number of sulfonamides is 1. The summed E-state index contributed by atoms with van der Waals surface area (Å²) in [6.45, 7) is 3.21. The first-order valence-corrected chi connectivity index (χ1v) is 11.6. The van der Waals surface area contributed by atoms with Crippen molar-refractivity contribution in [3.63, 3.8) is 0 Å². The third-order valence-electron chi connectivity index (χ3n) is 6.57. The topological polar surface area (TPSA) is 77.9 Å². The molecule has 4 rings (SSSR count). The minimum absolute atomic E-state index is 0.0209. The van der Waals surface area contributed by atoms with E-state index in [4.69, 9.17) is 5.11 Å². The average molecular weight is 405 g/mol. The maximum atomic E-state index is 13.2. The van der Waals surface area contributed by atoms with Gasteiger partial charge in [0.25, 0.3) is 0 Å². The fraction of sp³-hybridized carbons (Fsp3) is 0.571. The van der Waals surface area contributed by atoms with Gasteiger partial charge in [0.2, 0.25) is 10.0 Å². The van der Waals surface area contributed by atoms with Crippen molar-refractivity contribution in [2.45, 2.75) is 36.6 Å². The third kappa shape index (κ3) is 3.75. The van der Waals surface area contributed by atoms with Crippen molar-refractivity contribution >= 4 is 16.0 Å². The van der Waals surface area contributed by atoms with Crippen LogP contribution in [0.25, 0.3) is 0 Å². The molecule has 1 aromatic carbocycles. The van der Waals surface area contributed by atoms with E-state index in [9.17, 15) is 13.2 Å². The number of nitrogens with zero attached hydrogens (tertiary/aromatic N) is 2. The first-order chi connectivity index (χ1) is 13.5. The summed E-state index contributed by atoms with van der Waals surface area (Å²) >= 11 is 0. The summed E-state index contributed by atoms with van der Waals surface area (Å²) < 4.78 is 28.2. The van der Waals surface area contributed by atoms with Crippen LogP contribution in [0.5, 0.6) is 0 Å². The highest BCUT2D eigenvalue weighted by Gasteiger charge is 2.49. The fourth-order valence-electron chi connectivity index (χ4n) is 5.37. The van der Waals surface area contributed by atoms with Gasteiger partial charge in [-0.1, -0.05) is 30.4 Å². The van der Waals surface area contributed by atoms with E-state index in [1.165, 1.54) is 0 Å². The Morgan fingerprint density at radius 2 is 1.93 bits per heavy atom. The second kappa shape index (κ2) is 7.97. The Labute approximate surface area is 166 Å². The number of hydrogen-bond donors (Lipinski definition) is 1. The van der Waals surface area contributed by atoms with Crippen molar-refractivity contribution in [3.8, 4) is 0 Å². The summed E-state index contributed by atoms with van der Waals surface area (Å²) in [6, 6.07) is 9.10. The molecule has 0 spiro atoms. The van der Waals surface area contributed by atoms with Crippen LogP contribution in [0, 0.1) is 17.8 Å². The van der Waals surface area contributed by atoms with E-state index in [-0.39, 0.29) is 18.3 Å². The first kappa shape index (κ1) is 19.6. The smallest absolute Gasteiger partial charge is 0.307 e. The van der Waals surface area contributed by atoms with Gasteiger partial charge in [-0.2, -0.15) is 4.31 Å². The lowest BCUT2D eigenvalue weighted by atomic mass is 9.69. The molecule has 0 radical (unpaired) electrons. The van der Waals surface area contributed by atoms with Crippen molar-refractivity contribution in [1.82, 2.24) is 9.21 Å². The van der Waals surface area contributed by atoms with Gasteiger partial charge < -0.3 is 5.11 Å². The van der Waals surface area contributed by atoms with E-state index in [2.05, 4.69) is 4.90 Å². The average Bonchev–Trinajstić information content (AvgIpc) is 2.70. The summed E-state index contributed by atoms with van der Waals surface area (Å²) in [4.78, 5) is 13.8. The highest BCUT2D eigenvalue weighted by Crippen LogP contribution is 2.43. The van der Waals surface area contributed by atoms with E-state index in [0.29, 0.717) is 29.9 Å². The van der Waals surface area contributed by atoms with Crippen molar-refractivity contribution in [1.29, 1.82) is 0 Å². The minimum atomic E-state index is -3.51. The van der Waals surface area contributed by atoms with Crippen molar-refractivity contribution < 1.29 is 18.3 Å². The monoisotopic (exact) mass is 404 g/mol. The number of allylic oxidation sites excluding steroid dienone is 1. The van der Waals surface area contributed by atoms with Gasteiger partial charge in [0.1, 0.15) is 0 Å². The Bertz CT molecular complexity index is 839. The predicted molar refractivity (Wildman–Crippen MR) is 106 cm³/mol. The fourth-order valence-corrected chi connectivity index (χ4v) is 6.93. The number of carboxylic acids is 1. The van der Waals surface area contributed by atoms with Crippen LogP contribution in [0.4, 0.5) is 0 Å². The van der Waals surface area contributed by atoms with Crippen LogP contribution in [0.2, 0.25) is 0 Å². The molecule has 0 aromatic heterocycles. The maximum absolute atomic E-state index is 13.2. The Morgan fingerprint density at radius 3 is 2.68 bits per heavy atom. The number of carboxylic acid groups (broad SMARTS) is 1. The van der Waals surface area contributed by atoms with Crippen LogP contribution in [0.15, 0.2) is 47.4 Å². The van der Waals surface area contributed by atoms with Crippen LogP contribution in [-0.2, 0) is 14.8 Å². The summed E-state index contributed by atoms with van der Waals surface area (Å²) in [5.41, 5.74) is 0. The van der Waals surface area contributed by atoms with Crippen molar-refractivity contribution in [2.75, 3.05) is 26.2 Å².